The third kappa shape index (κ3) is 5.90. The van der Waals surface area contributed by atoms with Crippen molar-refractivity contribution in [2.24, 2.45) is 0 Å². The molecule has 0 unspecified atom stereocenters. The third-order valence-electron chi connectivity index (χ3n) is 14.5. The van der Waals surface area contributed by atoms with Gasteiger partial charge in [0.15, 0.2) is 0 Å². The van der Waals surface area contributed by atoms with Gasteiger partial charge in [-0.2, -0.15) is 0 Å². The van der Waals surface area contributed by atoms with Crippen molar-refractivity contribution in [1.29, 1.82) is 0 Å². The van der Waals surface area contributed by atoms with Gasteiger partial charge in [-0.1, -0.05) is 206 Å². The summed E-state index contributed by atoms with van der Waals surface area (Å²) in [6.07, 6.45) is 0. The highest BCUT2D eigenvalue weighted by atomic mass is 15.2. The number of benzene rings is 10. The van der Waals surface area contributed by atoms with Crippen LogP contribution in [0.3, 0.4) is 0 Å². The van der Waals surface area contributed by atoms with Crippen molar-refractivity contribution in [2.75, 3.05) is 4.90 Å². The van der Waals surface area contributed by atoms with Crippen LogP contribution < -0.4 is 4.90 Å². The molecule has 14 rings (SSSR count). The number of para-hydroxylation sites is 3. The zero-order valence-corrected chi connectivity index (χ0v) is 37.7. The van der Waals surface area contributed by atoms with Gasteiger partial charge in [-0.25, -0.2) is 4.98 Å². The third-order valence-corrected chi connectivity index (χ3v) is 14.5. The molecule has 0 saturated carbocycles. The van der Waals surface area contributed by atoms with Gasteiger partial charge >= 0.3 is 0 Å². The number of fused-ring (bicyclic) bond motifs is 13. The van der Waals surface area contributed by atoms with Crippen molar-refractivity contribution in [1.82, 2.24) is 9.55 Å². The predicted octanol–water partition coefficient (Wildman–Crippen LogP) is 17.0. The Kier molecular flexibility index (Phi) is 8.80. The number of pyridine rings is 1. The molecule has 3 heteroatoms. The molecule has 0 N–H and O–H groups in total. The SMILES string of the molecule is c1ccc(-c2cc(-c3ccccc3)cc(N3c4ccccc4C4(c5ccccc5-c5c4ccc4c5c5ccccc5n4-c4cc(-c5ccccc5)cc(-c5ccccc5)n4)c4ccccc43)c2)cc1. The van der Waals surface area contributed by atoms with E-state index in [1.807, 2.05) is 0 Å². The zero-order chi connectivity index (χ0) is 45.5. The molecule has 1 spiro atoms. The Morgan fingerprint density at radius 2 is 0.826 bits per heavy atom. The monoisotopic (exact) mass is 877 g/mol. The lowest BCUT2D eigenvalue weighted by Gasteiger charge is -2.45. The number of hydrogen-bond donors (Lipinski definition) is 0. The Balaban J connectivity index is 1.04. The average Bonchev–Trinajstić information content (AvgIpc) is 3.92. The van der Waals surface area contributed by atoms with E-state index < -0.39 is 5.41 Å². The first-order valence-electron chi connectivity index (χ1n) is 23.8. The summed E-state index contributed by atoms with van der Waals surface area (Å²) in [4.78, 5) is 8.01. The highest BCUT2D eigenvalue weighted by molar-refractivity contribution is 6.19. The van der Waals surface area contributed by atoms with Gasteiger partial charge < -0.3 is 4.90 Å². The molecule has 12 aromatic rings. The minimum atomic E-state index is -0.613. The molecule has 1 aliphatic heterocycles. The Bertz CT molecular complexity index is 3790. The topological polar surface area (TPSA) is 21.1 Å². The molecular weight excluding hydrogens is 835 g/mol. The molecule has 3 nitrogen and oxygen atoms in total. The van der Waals surface area contributed by atoms with Crippen LogP contribution in [0, 0.1) is 0 Å². The van der Waals surface area contributed by atoms with E-state index in [0.29, 0.717) is 0 Å². The zero-order valence-electron chi connectivity index (χ0n) is 37.7. The Morgan fingerprint density at radius 3 is 1.43 bits per heavy atom. The maximum Gasteiger partial charge on any atom is 0.138 e. The van der Waals surface area contributed by atoms with Crippen molar-refractivity contribution < 1.29 is 0 Å². The number of anilines is 3. The molecule has 0 fully saturated rings. The standard InChI is InChI=1S/C66H43N3/c1-5-21-44(22-6-1)48-39-49(45-23-7-2-8-24-45)41-51(40-48)68-60-35-19-16-32-55(60)66(56-33-17-20-36-61(56)68)54-31-15-13-29-52(54)64-57(66)37-38-62-65(64)53-30-14-18-34-59(53)69(62)63-43-50(46-25-9-3-10-26-46)42-58(67-63)47-27-11-4-12-28-47/h1-43H. The van der Waals surface area contributed by atoms with Crippen molar-refractivity contribution in [3.05, 3.63) is 283 Å². The van der Waals surface area contributed by atoms with Crippen molar-refractivity contribution in [3.8, 4) is 61.6 Å². The minimum absolute atomic E-state index is 0.613. The molecule has 3 heterocycles. The molecular formula is C66H43N3. The van der Waals surface area contributed by atoms with E-state index in [4.69, 9.17) is 4.98 Å². The maximum absolute atomic E-state index is 5.50. The summed E-state index contributed by atoms with van der Waals surface area (Å²) in [5.74, 6) is 0.888. The summed E-state index contributed by atoms with van der Waals surface area (Å²) in [5, 5.41) is 2.44. The highest BCUT2D eigenvalue weighted by Gasteiger charge is 2.52. The lowest BCUT2D eigenvalue weighted by molar-refractivity contribution is 0.753. The van der Waals surface area contributed by atoms with Crippen LogP contribution in [-0.4, -0.2) is 9.55 Å². The van der Waals surface area contributed by atoms with Crippen LogP contribution in [0.2, 0.25) is 0 Å². The molecule has 0 radical (unpaired) electrons. The summed E-state index contributed by atoms with van der Waals surface area (Å²) in [6, 6.07) is 95.4. The van der Waals surface area contributed by atoms with E-state index in [1.165, 1.54) is 77.8 Å². The molecule has 0 atom stereocenters. The summed E-state index contributed by atoms with van der Waals surface area (Å²) in [6.45, 7) is 0. The Hall–Kier alpha value is -9.05. The van der Waals surface area contributed by atoms with Gasteiger partial charge in [-0.3, -0.25) is 4.57 Å². The van der Waals surface area contributed by atoms with E-state index in [0.717, 1.165) is 44.9 Å². The quantitative estimate of drug-likeness (QED) is 0.166. The average molecular weight is 878 g/mol. The number of aromatic nitrogens is 2. The van der Waals surface area contributed by atoms with Crippen LogP contribution in [0.15, 0.2) is 261 Å². The fourth-order valence-corrected chi connectivity index (χ4v) is 11.7. The Labute approximate surface area is 401 Å². The van der Waals surface area contributed by atoms with Gasteiger partial charge in [-0.05, 0) is 121 Å². The first-order chi connectivity index (χ1) is 34.2. The molecule has 322 valence electrons. The van der Waals surface area contributed by atoms with Gasteiger partial charge in [-0.15, -0.1) is 0 Å². The van der Waals surface area contributed by atoms with Crippen molar-refractivity contribution >= 4 is 38.9 Å². The van der Waals surface area contributed by atoms with E-state index in [1.54, 1.807) is 0 Å². The second-order valence-corrected chi connectivity index (χ2v) is 18.2. The molecule has 0 amide bonds. The van der Waals surface area contributed by atoms with E-state index in [2.05, 4.69) is 270 Å². The van der Waals surface area contributed by atoms with Crippen LogP contribution in [0.1, 0.15) is 22.3 Å². The molecule has 69 heavy (non-hydrogen) atoms. The fourth-order valence-electron chi connectivity index (χ4n) is 11.7. The largest absolute Gasteiger partial charge is 0.310 e. The molecule has 2 aliphatic rings. The smallest absolute Gasteiger partial charge is 0.138 e. The van der Waals surface area contributed by atoms with E-state index in [-0.39, 0.29) is 0 Å². The molecule has 2 aromatic heterocycles. The summed E-state index contributed by atoms with van der Waals surface area (Å²) in [5.41, 5.74) is 21.8. The van der Waals surface area contributed by atoms with Crippen LogP contribution in [-0.2, 0) is 5.41 Å². The highest BCUT2D eigenvalue weighted by Crippen LogP contribution is 2.65. The number of nitrogens with zero attached hydrogens (tertiary/aromatic N) is 3. The Morgan fingerprint density at radius 1 is 0.333 bits per heavy atom. The summed E-state index contributed by atoms with van der Waals surface area (Å²) < 4.78 is 2.39. The molecule has 0 bridgehead atoms. The van der Waals surface area contributed by atoms with Gasteiger partial charge in [0.25, 0.3) is 0 Å². The van der Waals surface area contributed by atoms with Gasteiger partial charge in [0, 0.05) is 22.0 Å². The maximum atomic E-state index is 5.50. The van der Waals surface area contributed by atoms with Gasteiger partial charge in [0.2, 0.25) is 0 Å². The second kappa shape index (κ2) is 15.5. The first kappa shape index (κ1) is 39.1. The van der Waals surface area contributed by atoms with Crippen LogP contribution in [0.25, 0.3) is 83.4 Å². The fraction of sp³-hybridized carbons (Fsp3) is 0.0152. The molecule has 0 saturated heterocycles. The molecule has 1 aliphatic carbocycles. The van der Waals surface area contributed by atoms with Gasteiger partial charge in [0.1, 0.15) is 5.82 Å². The van der Waals surface area contributed by atoms with Crippen molar-refractivity contribution in [3.63, 3.8) is 0 Å². The molecule has 10 aromatic carbocycles. The minimum Gasteiger partial charge on any atom is -0.310 e. The van der Waals surface area contributed by atoms with Crippen LogP contribution >= 0.6 is 0 Å². The number of hydrogen-bond acceptors (Lipinski definition) is 2. The summed E-state index contributed by atoms with van der Waals surface area (Å²) in [7, 11) is 0. The van der Waals surface area contributed by atoms with Gasteiger partial charge in [0.05, 0.1) is 33.5 Å². The first-order valence-corrected chi connectivity index (χ1v) is 23.8. The summed E-state index contributed by atoms with van der Waals surface area (Å²) >= 11 is 0. The van der Waals surface area contributed by atoms with Crippen molar-refractivity contribution in [2.45, 2.75) is 5.41 Å². The predicted molar refractivity (Wildman–Crippen MR) is 286 cm³/mol. The van der Waals surface area contributed by atoms with Crippen LogP contribution in [0.4, 0.5) is 17.1 Å². The van der Waals surface area contributed by atoms with E-state index in [9.17, 15) is 0 Å². The lowest BCUT2D eigenvalue weighted by atomic mass is 9.64. The normalized spacial score (nSPS) is 13.0. The van der Waals surface area contributed by atoms with Crippen LogP contribution in [0.5, 0.6) is 0 Å². The lowest BCUT2D eigenvalue weighted by Crippen LogP contribution is -2.36. The number of rotatable bonds is 6. The second-order valence-electron chi connectivity index (χ2n) is 18.2. The van der Waals surface area contributed by atoms with E-state index >= 15 is 0 Å².